The van der Waals surface area contributed by atoms with Gasteiger partial charge >= 0.3 is 0 Å². The second-order valence-electron chi connectivity index (χ2n) is 9.27. The third-order valence-corrected chi connectivity index (χ3v) is 5.93. The Kier molecular flexibility index (Phi) is 6.17. The van der Waals surface area contributed by atoms with Gasteiger partial charge in [-0.2, -0.15) is 0 Å². The Morgan fingerprint density at radius 1 is 1.16 bits per heavy atom. The summed E-state index contributed by atoms with van der Waals surface area (Å²) >= 11 is 0. The molecule has 4 aromatic heterocycles. The number of anilines is 1. The highest BCUT2D eigenvalue weighted by Crippen LogP contribution is 2.38. The van der Waals surface area contributed by atoms with Crippen molar-refractivity contribution in [1.29, 1.82) is 0 Å². The molecule has 8 heteroatoms. The normalized spacial score (nSPS) is 18.8. The first-order valence-electron chi connectivity index (χ1n) is 11.1. The van der Waals surface area contributed by atoms with Gasteiger partial charge in [0, 0.05) is 24.6 Å². The second-order valence-corrected chi connectivity index (χ2v) is 9.27. The predicted octanol–water partition coefficient (Wildman–Crippen LogP) is 3.65. The molecule has 170 valence electrons. The van der Waals surface area contributed by atoms with E-state index in [2.05, 4.69) is 54.6 Å². The van der Waals surface area contributed by atoms with Gasteiger partial charge in [0.25, 0.3) is 0 Å². The third kappa shape index (κ3) is 5.26. The first kappa shape index (κ1) is 22.2. The summed E-state index contributed by atoms with van der Waals surface area (Å²) in [6.07, 6.45) is 13.9. The molecule has 1 aliphatic carbocycles. The van der Waals surface area contributed by atoms with E-state index >= 15 is 0 Å². The van der Waals surface area contributed by atoms with Crippen LogP contribution in [0.4, 0.5) is 5.82 Å². The van der Waals surface area contributed by atoms with E-state index in [-0.39, 0.29) is 0 Å². The van der Waals surface area contributed by atoms with E-state index in [0.717, 1.165) is 34.7 Å². The van der Waals surface area contributed by atoms with E-state index in [4.69, 9.17) is 15.9 Å². The summed E-state index contributed by atoms with van der Waals surface area (Å²) in [5, 5.41) is 17.1. The van der Waals surface area contributed by atoms with Gasteiger partial charge in [-0.3, -0.25) is 0 Å². The Morgan fingerprint density at radius 2 is 1.94 bits per heavy atom. The largest absolute Gasteiger partial charge is 0.383 e. The van der Waals surface area contributed by atoms with Gasteiger partial charge in [-0.1, -0.05) is 0 Å². The molecule has 0 spiro atoms. The van der Waals surface area contributed by atoms with Crippen LogP contribution in [-0.4, -0.2) is 39.9 Å². The molecule has 2 unspecified atom stereocenters. The van der Waals surface area contributed by atoms with Crippen molar-refractivity contribution in [2.75, 3.05) is 5.73 Å². The Labute approximate surface area is 187 Å². The fraction of sp³-hybridized carbons (Fsp3) is 0.458. The summed E-state index contributed by atoms with van der Waals surface area (Å²) in [6.45, 7) is 4.63. The summed E-state index contributed by atoms with van der Waals surface area (Å²) in [5.41, 5.74) is 10.4. The van der Waals surface area contributed by atoms with Crippen molar-refractivity contribution in [1.82, 2.24) is 23.9 Å². The monoisotopic (exact) mass is 436 g/mol. The van der Waals surface area contributed by atoms with Crippen LogP contribution in [0.15, 0.2) is 43.1 Å². The standard InChI is InChI=1S/C21H24N6.C3H8O2/c1-14-12-26-8-6-16(11-19(26)25-14)3-2-15-4-5-17(10-15)27-9-7-18-20(22)23-13-24-21(18)27;1-3(2,4)5/h6-9,11-13,15,17H,2-5,10H2,1H3,(H2,22,23,24);4-5H,1-2H3. The number of nitrogens with two attached hydrogens (primary N) is 1. The molecule has 0 saturated heterocycles. The summed E-state index contributed by atoms with van der Waals surface area (Å²) in [4.78, 5) is 13.1. The SMILES string of the molecule is CC(C)(O)O.Cc1cn2ccc(CCC3CCC(n4ccc5c(N)ncnc54)C3)cc2n1. The van der Waals surface area contributed by atoms with Crippen LogP contribution in [0.2, 0.25) is 0 Å². The summed E-state index contributed by atoms with van der Waals surface area (Å²) in [7, 11) is 0. The lowest BCUT2D eigenvalue weighted by atomic mass is 9.98. The number of aliphatic hydroxyl groups is 2. The average molecular weight is 437 g/mol. The average Bonchev–Trinajstić information content (AvgIpc) is 3.42. The van der Waals surface area contributed by atoms with Crippen molar-refractivity contribution in [3.05, 3.63) is 54.4 Å². The minimum atomic E-state index is -1.50. The van der Waals surface area contributed by atoms with Crippen LogP contribution in [0.1, 0.15) is 56.8 Å². The molecule has 8 nitrogen and oxygen atoms in total. The van der Waals surface area contributed by atoms with Crippen molar-refractivity contribution < 1.29 is 10.2 Å². The summed E-state index contributed by atoms with van der Waals surface area (Å²) in [6, 6.07) is 7.00. The number of rotatable bonds is 4. The predicted molar refractivity (Wildman–Crippen MR) is 125 cm³/mol. The summed E-state index contributed by atoms with van der Waals surface area (Å²) < 4.78 is 4.39. The van der Waals surface area contributed by atoms with Gasteiger partial charge in [-0.15, -0.1) is 0 Å². The molecule has 1 aliphatic rings. The highest BCUT2D eigenvalue weighted by molar-refractivity contribution is 5.86. The van der Waals surface area contributed by atoms with Crippen LogP contribution >= 0.6 is 0 Å². The number of aromatic nitrogens is 5. The van der Waals surface area contributed by atoms with E-state index in [9.17, 15) is 0 Å². The number of aryl methyl sites for hydroxylation is 2. The van der Waals surface area contributed by atoms with E-state index in [1.165, 1.54) is 45.1 Å². The van der Waals surface area contributed by atoms with Crippen LogP contribution in [0.3, 0.4) is 0 Å². The molecule has 4 heterocycles. The number of hydrogen-bond donors (Lipinski definition) is 3. The molecule has 0 amide bonds. The Bertz CT molecular complexity index is 1200. The van der Waals surface area contributed by atoms with Crippen molar-refractivity contribution in [3.8, 4) is 0 Å². The molecule has 2 atom stereocenters. The van der Waals surface area contributed by atoms with Crippen LogP contribution in [0, 0.1) is 12.8 Å². The number of hydrogen-bond acceptors (Lipinski definition) is 6. The zero-order valence-electron chi connectivity index (χ0n) is 18.9. The lowest BCUT2D eigenvalue weighted by molar-refractivity contribution is -0.127. The fourth-order valence-corrected chi connectivity index (χ4v) is 4.53. The number of nitrogen functional groups attached to an aromatic ring is 1. The number of imidazole rings is 1. The molecule has 5 rings (SSSR count). The number of nitrogens with zero attached hydrogens (tertiary/aromatic N) is 5. The van der Waals surface area contributed by atoms with E-state index in [1.807, 2.05) is 13.0 Å². The maximum Gasteiger partial charge on any atom is 0.156 e. The molecule has 0 aliphatic heterocycles. The third-order valence-electron chi connectivity index (χ3n) is 5.93. The lowest BCUT2D eigenvalue weighted by Gasteiger charge is -2.14. The number of fused-ring (bicyclic) bond motifs is 2. The molecule has 1 fully saturated rings. The highest BCUT2D eigenvalue weighted by Gasteiger charge is 2.27. The van der Waals surface area contributed by atoms with Crippen molar-refractivity contribution in [3.63, 3.8) is 0 Å². The van der Waals surface area contributed by atoms with Gasteiger partial charge in [-0.05, 0) is 82.6 Å². The van der Waals surface area contributed by atoms with Crippen molar-refractivity contribution >= 4 is 22.5 Å². The molecular formula is C24H32N6O2. The molecule has 0 aromatic carbocycles. The van der Waals surface area contributed by atoms with Gasteiger partial charge in [-0.25, -0.2) is 15.0 Å². The Balaban J connectivity index is 0.000000444. The molecule has 4 aromatic rings. The van der Waals surface area contributed by atoms with E-state index in [0.29, 0.717) is 11.9 Å². The van der Waals surface area contributed by atoms with Gasteiger partial charge in [0.1, 0.15) is 23.4 Å². The molecule has 0 bridgehead atoms. The second kappa shape index (κ2) is 8.88. The van der Waals surface area contributed by atoms with E-state index in [1.54, 1.807) is 6.33 Å². The molecule has 0 radical (unpaired) electrons. The Morgan fingerprint density at radius 3 is 2.72 bits per heavy atom. The molecule has 32 heavy (non-hydrogen) atoms. The molecular weight excluding hydrogens is 404 g/mol. The van der Waals surface area contributed by atoms with Crippen LogP contribution in [0.5, 0.6) is 0 Å². The van der Waals surface area contributed by atoms with Crippen LogP contribution in [-0.2, 0) is 6.42 Å². The van der Waals surface area contributed by atoms with Crippen LogP contribution < -0.4 is 5.73 Å². The van der Waals surface area contributed by atoms with Gasteiger partial charge in [0.05, 0.1) is 11.1 Å². The topological polar surface area (TPSA) is 114 Å². The zero-order chi connectivity index (χ0) is 22.9. The van der Waals surface area contributed by atoms with Gasteiger partial charge in [0.2, 0.25) is 0 Å². The Hall–Kier alpha value is -2.97. The molecule has 4 N–H and O–H groups in total. The van der Waals surface area contributed by atoms with Crippen molar-refractivity contribution in [2.24, 2.45) is 5.92 Å². The smallest absolute Gasteiger partial charge is 0.156 e. The van der Waals surface area contributed by atoms with E-state index < -0.39 is 5.79 Å². The number of pyridine rings is 1. The minimum Gasteiger partial charge on any atom is -0.383 e. The van der Waals surface area contributed by atoms with Crippen molar-refractivity contribution in [2.45, 2.75) is 64.7 Å². The van der Waals surface area contributed by atoms with Gasteiger partial charge in [0.15, 0.2) is 5.79 Å². The quantitative estimate of drug-likeness (QED) is 0.421. The first-order chi connectivity index (χ1) is 15.2. The molecule has 1 saturated carbocycles. The lowest BCUT2D eigenvalue weighted by Crippen LogP contribution is -2.15. The first-order valence-corrected chi connectivity index (χ1v) is 11.1. The fourth-order valence-electron chi connectivity index (χ4n) is 4.53. The summed E-state index contributed by atoms with van der Waals surface area (Å²) in [5.74, 6) is -0.178. The maximum atomic E-state index is 8.08. The van der Waals surface area contributed by atoms with Gasteiger partial charge < -0.3 is 24.9 Å². The maximum absolute atomic E-state index is 8.08. The zero-order valence-corrected chi connectivity index (χ0v) is 18.9. The highest BCUT2D eigenvalue weighted by atomic mass is 16.5. The minimum absolute atomic E-state index is 0.513. The van der Waals surface area contributed by atoms with Crippen LogP contribution in [0.25, 0.3) is 16.7 Å².